The van der Waals surface area contributed by atoms with Crippen molar-refractivity contribution in [3.05, 3.63) is 64.7 Å². The van der Waals surface area contributed by atoms with Gasteiger partial charge in [0.05, 0.1) is 24.5 Å². The summed E-state index contributed by atoms with van der Waals surface area (Å²) in [6, 6.07) is 9.95. The number of nitrogens with zero attached hydrogens (tertiary/aromatic N) is 1. The second-order valence-electron chi connectivity index (χ2n) is 4.58. The topological polar surface area (TPSA) is 45.1 Å². The van der Waals surface area contributed by atoms with Crippen molar-refractivity contribution in [3.63, 3.8) is 0 Å². The van der Waals surface area contributed by atoms with E-state index in [-0.39, 0.29) is 24.5 Å². The van der Waals surface area contributed by atoms with Gasteiger partial charge < -0.3 is 5.11 Å². The highest BCUT2D eigenvalue weighted by atomic mass is 35.5. The van der Waals surface area contributed by atoms with Crippen LogP contribution >= 0.6 is 11.6 Å². The monoisotopic (exact) mass is 294 g/mol. The van der Waals surface area contributed by atoms with E-state index in [1.54, 1.807) is 18.2 Å². The SMILES string of the molecule is CC(NC(CO)c1ccc(Cl)cc1)c1ccc(F)cn1. The summed E-state index contributed by atoms with van der Waals surface area (Å²) >= 11 is 5.85. The fourth-order valence-electron chi connectivity index (χ4n) is 1.98. The van der Waals surface area contributed by atoms with E-state index in [9.17, 15) is 9.50 Å². The minimum Gasteiger partial charge on any atom is -0.394 e. The van der Waals surface area contributed by atoms with Crippen LogP contribution in [0.2, 0.25) is 5.02 Å². The molecule has 0 spiro atoms. The van der Waals surface area contributed by atoms with Crippen LogP contribution in [0.1, 0.15) is 30.3 Å². The molecule has 2 rings (SSSR count). The lowest BCUT2D eigenvalue weighted by molar-refractivity contribution is 0.235. The summed E-state index contributed by atoms with van der Waals surface area (Å²) in [6.07, 6.45) is 1.18. The summed E-state index contributed by atoms with van der Waals surface area (Å²) in [6.45, 7) is 1.87. The molecule has 0 aliphatic carbocycles. The van der Waals surface area contributed by atoms with Crippen molar-refractivity contribution in [2.45, 2.75) is 19.0 Å². The Hall–Kier alpha value is -1.49. The number of aliphatic hydroxyl groups excluding tert-OH is 1. The molecule has 0 amide bonds. The van der Waals surface area contributed by atoms with Gasteiger partial charge in [-0.3, -0.25) is 10.3 Å². The molecule has 2 N–H and O–H groups in total. The summed E-state index contributed by atoms with van der Waals surface area (Å²) in [5.41, 5.74) is 1.66. The van der Waals surface area contributed by atoms with Crippen LogP contribution in [-0.2, 0) is 0 Å². The van der Waals surface area contributed by atoms with Gasteiger partial charge in [0.25, 0.3) is 0 Å². The fourth-order valence-corrected chi connectivity index (χ4v) is 2.11. The Bertz CT molecular complexity index is 545. The van der Waals surface area contributed by atoms with E-state index in [1.807, 2.05) is 19.1 Å². The highest BCUT2D eigenvalue weighted by molar-refractivity contribution is 6.30. The third kappa shape index (κ3) is 3.76. The first-order valence-corrected chi connectivity index (χ1v) is 6.71. The van der Waals surface area contributed by atoms with Gasteiger partial charge in [-0.15, -0.1) is 0 Å². The Kier molecular flexibility index (Phi) is 5.06. The number of rotatable bonds is 5. The molecule has 0 bridgehead atoms. The first-order chi connectivity index (χ1) is 9.60. The van der Waals surface area contributed by atoms with Gasteiger partial charge in [0, 0.05) is 11.1 Å². The summed E-state index contributed by atoms with van der Waals surface area (Å²) in [4.78, 5) is 4.03. The molecule has 20 heavy (non-hydrogen) atoms. The van der Waals surface area contributed by atoms with Crippen molar-refractivity contribution < 1.29 is 9.50 Å². The highest BCUT2D eigenvalue weighted by Crippen LogP contribution is 2.20. The molecule has 106 valence electrons. The summed E-state index contributed by atoms with van der Waals surface area (Å²) in [5.74, 6) is -0.364. The molecule has 1 aromatic carbocycles. The van der Waals surface area contributed by atoms with Crippen molar-refractivity contribution >= 4 is 11.6 Å². The average Bonchev–Trinajstić information content (AvgIpc) is 2.46. The minimum atomic E-state index is -0.364. The predicted octanol–water partition coefficient (Wildman–Crippen LogP) is 3.26. The zero-order chi connectivity index (χ0) is 14.5. The van der Waals surface area contributed by atoms with E-state index in [4.69, 9.17) is 11.6 Å². The predicted molar refractivity (Wildman–Crippen MR) is 77.0 cm³/mol. The van der Waals surface area contributed by atoms with Crippen molar-refractivity contribution in [3.8, 4) is 0 Å². The van der Waals surface area contributed by atoms with E-state index in [2.05, 4.69) is 10.3 Å². The highest BCUT2D eigenvalue weighted by Gasteiger charge is 2.15. The minimum absolute atomic E-state index is 0.0484. The van der Waals surface area contributed by atoms with Gasteiger partial charge in [0.15, 0.2) is 0 Å². The lowest BCUT2D eigenvalue weighted by Gasteiger charge is -2.22. The fraction of sp³-hybridized carbons (Fsp3) is 0.267. The Morgan fingerprint density at radius 3 is 2.50 bits per heavy atom. The number of halogens is 2. The zero-order valence-electron chi connectivity index (χ0n) is 11.1. The largest absolute Gasteiger partial charge is 0.394 e. The number of aromatic nitrogens is 1. The van der Waals surface area contributed by atoms with Crippen molar-refractivity contribution in [2.24, 2.45) is 0 Å². The summed E-state index contributed by atoms with van der Waals surface area (Å²) in [5, 5.41) is 13.4. The van der Waals surface area contributed by atoms with Crippen molar-refractivity contribution in [1.82, 2.24) is 10.3 Å². The van der Waals surface area contributed by atoms with E-state index in [0.29, 0.717) is 5.02 Å². The van der Waals surface area contributed by atoms with E-state index < -0.39 is 0 Å². The lowest BCUT2D eigenvalue weighted by atomic mass is 10.1. The second kappa shape index (κ2) is 6.79. The van der Waals surface area contributed by atoms with Crippen LogP contribution in [0.15, 0.2) is 42.6 Å². The smallest absolute Gasteiger partial charge is 0.141 e. The average molecular weight is 295 g/mol. The van der Waals surface area contributed by atoms with Crippen molar-refractivity contribution in [2.75, 3.05) is 6.61 Å². The van der Waals surface area contributed by atoms with Crippen LogP contribution in [0, 0.1) is 5.82 Å². The molecule has 0 aliphatic rings. The van der Waals surface area contributed by atoms with Crippen LogP contribution in [0.5, 0.6) is 0 Å². The van der Waals surface area contributed by atoms with Crippen LogP contribution in [-0.4, -0.2) is 16.7 Å². The van der Waals surface area contributed by atoms with Gasteiger partial charge in [-0.05, 0) is 36.8 Å². The van der Waals surface area contributed by atoms with E-state index >= 15 is 0 Å². The molecule has 0 fully saturated rings. The molecule has 2 aromatic rings. The third-order valence-corrected chi connectivity index (χ3v) is 3.35. The molecule has 2 unspecified atom stereocenters. The molecule has 0 radical (unpaired) electrons. The van der Waals surface area contributed by atoms with E-state index in [1.165, 1.54) is 12.3 Å². The lowest BCUT2D eigenvalue weighted by Crippen LogP contribution is -2.27. The maximum Gasteiger partial charge on any atom is 0.141 e. The molecule has 0 saturated heterocycles. The van der Waals surface area contributed by atoms with Crippen molar-refractivity contribution in [1.29, 1.82) is 0 Å². The van der Waals surface area contributed by atoms with Gasteiger partial charge in [0.1, 0.15) is 5.82 Å². The standard InChI is InChI=1S/C15H16ClFN2O/c1-10(14-7-6-13(17)8-18-14)19-15(9-20)11-2-4-12(16)5-3-11/h2-8,10,15,19-20H,9H2,1H3. The number of hydrogen-bond donors (Lipinski definition) is 2. The molecule has 0 aliphatic heterocycles. The molecule has 5 heteroatoms. The maximum absolute atomic E-state index is 12.8. The number of pyridine rings is 1. The maximum atomic E-state index is 12.8. The first kappa shape index (κ1) is 14.9. The normalized spacial score (nSPS) is 14.0. The Morgan fingerprint density at radius 2 is 1.95 bits per heavy atom. The van der Waals surface area contributed by atoms with Gasteiger partial charge >= 0.3 is 0 Å². The second-order valence-corrected chi connectivity index (χ2v) is 5.01. The van der Waals surface area contributed by atoms with Crippen LogP contribution in [0.3, 0.4) is 0 Å². The molecular weight excluding hydrogens is 279 g/mol. The molecular formula is C15H16ClFN2O. The van der Waals surface area contributed by atoms with Gasteiger partial charge in [-0.1, -0.05) is 23.7 Å². The van der Waals surface area contributed by atoms with Gasteiger partial charge in [0.2, 0.25) is 0 Å². The number of nitrogens with one attached hydrogen (secondary N) is 1. The van der Waals surface area contributed by atoms with Gasteiger partial charge in [-0.2, -0.15) is 0 Å². The van der Waals surface area contributed by atoms with Crippen LogP contribution in [0.25, 0.3) is 0 Å². The van der Waals surface area contributed by atoms with E-state index in [0.717, 1.165) is 11.3 Å². The third-order valence-electron chi connectivity index (χ3n) is 3.10. The molecule has 3 nitrogen and oxygen atoms in total. The summed E-state index contributed by atoms with van der Waals surface area (Å²) in [7, 11) is 0. The Labute approximate surface area is 122 Å². The first-order valence-electron chi connectivity index (χ1n) is 6.34. The van der Waals surface area contributed by atoms with Crippen LogP contribution < -0.4 is 5.32 Å². The Morgan fingerprint density at radius 1 is 1.25 bits per heavy atom. The number of benzene rings is 1. The quantitative estimate of drug-likeness (QED) is 0.890. The zero-order valence-corrected chi connectivity index (χ0v) is 11.8. The summed E-state index contributed by atoms with van der Waals surface area (Å²) < 4.78 is 12.8. The molecule has 1 heterocycles. The number of aliphatic hydroxyl groups is 1. The molecule has 0 saturated carbocycles. The van der Waals surface area contributed by atoms with Gasteiger partial charge in [-0.25, -0.2) is 4.39 Å². The molecule has 2 atom stereocenters. The number of hydrogen-bond acceptors (Lipinski definition) is 3. The van der Waals surface area contributed by atoms with Crippen LogP contribution in [0.4, 0.5) is 4.39 Å². The Balaban J connectivity index is 2.09. The molecule has 1 aromatic heterocycles.